The normalized spacial score (nSPS) is 10.5. The molecule has 114 valence electrons. The fourth-order valence-electron chi connectivity index (χ4n) is 1.88. The summed E-state index contributed by atoms with van der Waals surface area (Å²) in [4.78, 5) is 11.9. The van der Waals surface area contributed by atoms with Gasteiger partial charge in [0.05, 0.1) is 14.2 Å². The minimum absolute atomic E-state index is 0.239. The molecule has 1 N–H and O–H groups in total. The van der Waals surface area contributed by atoms with Gasteiger partial charge in [-0.2, -0.15) is 0 Å². The van der Waals surface area contributed by atoms with Crippen molar-refractivity contribution >= 4 is 29.3 Å². The number of ether oxygens (including phenoxy) is 2. The number of hydrogen-bond acceptors (Lipinski definition) is 3. The van der Waals surface area contributed by atoms with E-state index in [0.717, 1.165) is 5.56 Å². The molecule has 1 amide bonds. The summed E-state index contributed by atoms with van der Waals surface area (Å²) in [5.41, 5.74) is 1.48. The molecule has 0 fully saturated rings. The maximum absolute atomic E-state index is 11.9. The van der Waals surface area contributed by atoms with Gasteiger partial charge in [-0.1, -0.05) is 23.7 Å². The second-order valence-corrected chi connectivity index (χ2v) is 4.88. The van der Waals surface area contributed by atoms with Crippen molar-refractivity contribution in [3.05, 3.63) is 59.1 Å². The lowest BCUT2D eigenvalue weighted by Crippen LogP contribution is -2.07. The average Bonchev–Trinajstić information content (AvgIpc) is 2.52. The number of halogens is 1. The van der Waals surface area contributed by atoms with Crippen molar-refractivity contribution in [2.24, 2.45) is 0 Å². The Morgan fingerprint density at radius 1 is 1.09 bits per heavy atom. The Morgan fingerprint density at radius 3 is 2.55 bits per heavy atom. The predicted octanol–water partition coefficient (Wildman–Crippen LogP) is 4.01. The first-order valence-electron chi connectivity index (χ1n) is 6.59. The molecular formula is C17H16ClNO3. The maximum Gasteiger partial charge on any atom is 0.248 e. The van der Waals surface area contributed by atoms with Gasteiger partial charge >= 0.3 is 0 Å². The van der Waals surface area contributed by atoms with E-state index in [1.54, 1.807) is 56.7 Å². The van der Waals surface area contributed by atoms with Gasteiger partial charge in [-0.25, -0.2) is 0 Å². The van der Waals surface area contributed by atoms with Crippen molar-refractivity contribution in [3.8, 4) is 11.5 Å². The highest BCUT2D eigenvalue weighted by Gasteiger charge is 2.03. The molecular weight excluding hydrogens is 302 g/mol. The zero-order chi connectivity index (χ0) is 15.9. The minimum Gasteiger partial charge on any atom is -0.493 e. The van der Waals surface area contributed by atoms with Gasteiger partial charge in [0.15, 0.2) is 11.5 Å². The highest BCUT2D eigenvalue weighted by atomic mass is 35.5. The van der Waals surface area contributed by atoms with Gasteiger partial charge in [0.1, 0.15) is 0 Å². The highest BCUT2D eigenvalue weighted by molar-refractivity contribution is 6.30. The molecule has 2 aromatic rings. The van der Waals surface area contributed by atoms with Crippen LogP contribution in [0.1, 0.15) is 5.56 Å². The predicted molar refractivity (Wildman–Crippen MR) is 88.7 cm³/mol. The molecule has 2 aromatic carbocycles. The molecule has 5 heteroatoms. The zero-order valence-corrected chi connectivity index (χ0v) is 13.1. The molecule has 4 nitrogen and oxygen atoms in total. The van der Waals surface area contributed by atoms with E-state index in [4.69, 9.17) is 21.1 Å². The molecule has 0 heterocycles. The summed E-state index contributed by atoms with van der Waals surface area (Å²) in [6.45, 7) is 0. The van der Waals surface area contributed by atoms with Gasteiger partial charge < -0.3 is 14.8 Å². The number of benzene rings is 2. The van der Waals surface area contributed by atoms with E-state index in [2.05, 4.69) is 5.32 Å². The second-order valence-electron chi connectivity index (χ2n) is 4.45. The minimum atomic E-state index is -0.239. The summed E-state index contributed by atoms with van der Waals surface area (Å²) in [6, 6.07) is 12.4. The molecule has 0 aliphatic heterocycles. The van der Waals surface area contributed by atoms with Crippen LogP contribution in [-0.2, 0) is 4.79 Å². The van der Waals surface area contributed by atoms with E-state index in [1.807, 2.05) is 6.07 Å². The number of methoxy groups -OCH3 is 2. The van der Waals surface area contributed by atoms with Crippen molar-refractivity contribution in [3.63, 3.8) is 0 Å². The summed E-state index contributed by atoms with van der Waals surface area (Å²) in [6.07, 6.45) is 3.14. The number of anilines is 1. The summed E-state index contributed by atoms with van der Waals surface area (Å²) in [5.74, 6) is 1.01. The number of rotatable bonds is 5. The van der Waals surface area contributed by atoms with Crippen molar-refractivity contribution in [1.29, 1.82) is 0 Å². The number of carbonyl (C=O) groups is 1. The van der Waals surface area contributed by atoms with Crippen LogP contribution in [0.25, 0.3) is 6.08 Å². The maximum atomic E-state index is 11.9. The molecule has 0 aromatic heterocycles. The monoisotopic (exact) mass is 317 g/mol. The van der Waals surface area contributed by atoms with Crippen LogP contribution in [0.3, 0.4) is 0 Å². The van der Waals surface area contributed by atoms with Crippen LogP contribution >= 0.6 is 11.6 Å². The Bertz CT molecular complexity index is 698. The van der Waals surface area contributed by atoms with Gasteiger partial charge in [-0.15, -0.1) is 0 Å². The van der Waals surface area contributed by atoms with Gasteiger partial charge in [-0.3, -0.25) is 4.79 Å². The Kier molecular flexibility index (Phi) is 5.44. The zero-order valence-electron chi connectivity index (χ0n) is 12.3. The third kappa shape index (κ3) is 4.27. The number of hydrogen-bond donors (Lipinski definition) is 1. The Balaban J connectivity index is 2.06. The lowest BCUT2D eigenvalue weighted by atomic mass is 10.2. The quantitative estimate of drug-likeness (QED) is 0.848. The molecule has 22 heavy (non-hydrogen) atoms. The number of amides is 1. The van der Waals surface area contributed by atoms with Crippen LogP contribution in [0.4, 0.5) is 5.69 Å². The topological polar surface area (TPSA) is 47.6 Å². The number of nitrogens with one attached hydrogen (secondary N) is 1. The van der Waals surface area contributed by atoms with Crippen molar-refractivity contribution in [1.82, 2.24) is 0 Å². The lowest BCUT2D eigenvalue weighted by Gasteiger charge is -2.07. The Morgan fingerprint density at radius 2 is 1.86 bits per heavy atom. The third-order valence-corrected chi connectivity index (χ3v) is 3.16. The van der Waals surface area contributed by atoms with E-state index in [9.17, 15) is 4.79 Å². The van der Waals surface area contributed by atoms with E-state index in [1.165, 1.54) is 6.08 Å². The first kappa shape index (κ1) is 15.9. The second kappa shape index (κ2) is 7.52. The SMILES string of the molecule is COc1ccc(/C=C/C(=O)Nc2cccc(Cl)c2)cc1OC. The van der Waals surface area contributed by atoms with Gasteiger partial charge in [-0.05, 0) is 42.0 Å². The van der Waals surface area contributed by atoms with Crippen LogP contribution in [-0.4, -0.2) is 20.1 Å². The van der Waals surface area contributed by atoms with Crippen LogP contribution in [0.5, 0.6) is 11.5 Å². The molecule has 0 spiro atoms. The standard InChI is InChI=1S/C17H16ClNO3/c1-21-15-8-6-12(10-16(15)22-2)7-9-17(20)19-14-5-3-4-13(18)11-14/h3-11H,1-2H3,(H,19,20)/b9-7+. The highest BCUT2D eigenvalue weighted by Crippen LogP contribution is 2.28. The van der Waals surface area contributed by atoms with Crippen molar-refractivity contribution in [2.75, 3.05) is 19.5 Å². The molecule has 0 saturated heterocycles. The Labute approximate surface area is 134 Å². The van der Waals surface area contributed by atoms with Crippen molar-refractivity contribution in [2.45, 2.75) is 0 Å². The van der Waals surface area contributed by atoms with Crippen molar-refractivity contribution < 1.29 is 14.3 Å². The number of carbonyl (C=O) groups excluding carboxylic acids is 1. The van der Waals surface area contributed by atoms with Crippen LogP contribution in [0.15, 0.2) is 48.5 Å². The van der Waals surface area contributed by atoms with E-state index < -0.39 is 0 Å². The molecule has 0 saturated carbocycles. The smallest absolute Gasteiger partial charge is 0.248 e. The molecule has 0 unspecified atom stereocenters. The summed E-state index contributed by atoms with van der Waals surface area (Å²) >= 11 is 5.87. The summed E-state index contributed by atoms with van der Waals surface area (Å²) in [7, 11) is 3.14. The van der Waals surface area contributed by atoms with Crippen LogP contribution < -0.4 is 14.8 Å². The first-order chi connectivity index (χ1) is 10.6. The molecule has 0 aliphatic rings. The third-order valence-electron chi connectivity index (χ3n) is 2.93. The van der Waals surface area contributed by atoms with Gasteiger partial charge in [0, 0.05) is 16.8 Å². The lowest BCUT2D eigenvalue weighted by molar-refractivity contribution is -0.111. The van der Waals surface area contributed by atoms with E-state index >= 15 is 0 Å². The molecule has 0 aliphatic carbocycles. The molecule has 0 atom stereocenters. The summed E-state index contributed by atoms with van der Waals surface area (Å²) < 4.78 is 10.4. The van der Waals surface area contributed by atoms with E-state index in [0.29, 0.717) is 22.2 Å². The fraction of sp³-hybridized carbons (Fsp3) is 0.118. The van der Waals surface area contributed by atoms with Gasteiger partial charge in [0.2, 0.25) is 5.91 Å². The molecule has 0 radical (unpaired) electrons. The Hall–Kier alpha value is -2.46. The average molecular weight is 318 g/mol. The van der Waals surface area contributed by atoms with Gasteiger partial charge in [0.25, 0.3) is 0 Å². The largest absolute Gasteiger partial charge is 0.493 e. The summed E-state index contributed by atoms with van der Waals surface area (Å²) in [5, 5.41) is 3.31. The fourth-order valence-corrected chi connectivity index (χ4v) is 2.07. The molecule has 2 rings (SSSR count). The first-order valence-corrected chi connectivity index (χ1v) is 6.97. The molecule has 0 bridgehead atoms. The van der Waals surface area contributed by atoms with E-state index in [-0.39, 0.29) is 5.91 Å². The van der Waals surface area contributed by atoms with Crippen LogP contribution in [0, 0.1) is 0 Å². The van der Waals surface area contributed by atoms with Crippen LogP contribution in [0.2, 0.25) is 5.02 Å².